The van der Waals surface area contributed by atoms with Crippen LogP contribution in [0, 0.1) is 20.0 Å². The number of rotatable bonds is 4. The van der Waals surface area contributed by atoms with Crippen LogP contribution in [0.4, 0.5) is 0 Å². The van der Waals surface area contributed by atoms with Crippen LogP contribution in [-0.4, -0.2) is 7.11 Å². The number of hydrogen-bond acceptors (Lipinski definition) is 1. The average molecular weight is 416 g/mol. The molecule has 0 aromatic heterocycles. The fourth-order valence-corrected chi connectivity index (χ4v) is 3.58. The largest absolute Gasteiger partial charge is 0 e. The van der Waals surface area contributed by atoms with Crippen LogP contribution in [0.2, 0.25) is 0 Å². The van der Waals surface area contributed by atoms with Gasteiger partial charge in [0.25, 0.3) is 0 Å². The summed E-state index contributed by atoms with van der Waals surface area (Å²) >= 11 is 0. The maximum Gasteiger partial charge on any atom is 0 e. The van der Waals surface area contributed by atoms with E-state index in [1.807, 2.05) is 7.11 Å². The minimum atomic E-state index is 0. The van der Waals surface area contributed by atoms with Crippen LogP contribution in [0.5, 0.6) is 5.75 Å². The molecule has 0 unspecified atom stereocenters. The van der Waals surface area contributed by atoms with E-state index in [2.05, 4.69) is 63.3 Å². The van der Waals surface area contributed by atoms with Crippen LogP contribution in [0.15, 0.2) is 36.4 Å². The normalized spacial score (nSPS) is 10.6. The van der Waals surface area contributed by atoms with Gasteiger partial charge in [-0.3, -0.25) is 0 Å². The fourth-order valence-electron chi connectivity index (χ4n) is 3.58. The summed E-state index contributed by atoms with van der Waals surface area (Å²) in [7, 11) is 1.81. The van der Waals surface area contributed by atoms with Crippen molar-refractivity contribution in [2.75, 3.05) is 7.11 Å². The first kappa shape index (κ1) is 28.2. The molecule has 0 amide bonds. The molecule has 1 aliphatic rings. The minimum Gasteiger partial charge on any atom is 0 e. The van der Waals surface area contributed by atoms with Gasteiger partial charge in [-0.05, 0) is 66.0 Å². The predicted molar refractivity (Wildman–Crippen MR) is 101 cm³/mol. The Bertz CT molecular complexity index is 734. The molecule has 1 aliphatic carbocycles. The molecule has 0 N–H and O–H groups in total. The molecule has 0 spiro atoms. The first-order valence-electron chi connectivity index (χ1n) is 8.73. The van der Waals surface area contributed by atoms with Crippen molar-refractivity contribution in [3.63, 3.8) is 0 Å². The van der Waals surface area contributed by atoms with Gasteiger partial charge in [-0.1, -0.05) is 43.7 Å². The molecule has 28 heavy (non-hydrogen) atoms. The Balaban J connectivity index is 0. The quantitative estimate of drug-likeness (QED) is 0.506. The smallest absolute Gasteiger partial charge is 0 e. The van der Waals surface area contributed by atoms with Gasteiger partial charge in [0.05, 0.1) is 7.11 Å². The SMILES string of the molecule is CCCc1cc(OC)c2c(c1-c1ccccc1)CCCC2.[C-]#[O+].[C-]#[O+].[C-]#[O+].[Cr]. The van der Waals surface area contributed by atoms with Gasteiger partial charge in [0.15, 0.2) is 0 Å². The van der Waals surface area contributed by atoms with Crippen LogP contribution in [-0.2, 0) is 50.6 Å². The minimum absolute atomic E-state index is 0. The van der Waals surface area contributed by atoms with Gasteiger partial charge in [0.2, 0.25) is 0 Å². The van der Waals surface area contributed by atoms with Crippen LogP contribution in [0.1, 0.15) is 42.9 Å². The second kappa shape index (κ2) is 17.1. The predicted octanol–water partition coefficient (Wildman–Crippen LogP) is 5.08. The number of aryl methyl sites for hydroxylation is 1. The molecule has 5 heteroatoms. The second-order valence-corrected chi connectivity index (χ2v) is 5.89. The molecule has 146 valence electrons. The third-order valence-electron chi connectivity index (χ3n) is 4.50. The van der Waals surface area contributed by atoms with E-state index < -0.39 is 0 Å². The van der Waals surface area contributed by atoms with Crippen LogP contribution >= 0.6 is 0 Å². The Morgan fingerprint density at radius 2 is 1.43 bits per heavy atom. The Labute approximate surface area is 178 Å². The van der Waals surface area contributed by atoms with E-state index in [1.54, 1.807) is 0 Å². The molecule has 0 fully saturated rings. The zero-order valence-corrected chi connectivity index (χ0v) is 17.5. The number of fused-ring (bicyclic) bond motifs is 1. The Kier molecular flexibility index (Phi) is 17.2. The van der Waals surface area contributed by atoms with Gasteiger partial charge >= 0.3 is 33.9 Å². The number of methoxy groups -OCH3 is 1. The molecule has 0 radical (unpaired) electrons. The molecule has 0 bridgehead atoms. The van der Waals surface area contributed by atoms with Crippen molar-refractivity contribution in [1.82, 2.24) is 0 Å². The van der Waals surface area contributed by atoms with Crippen molar-refractivity contribution >= 4 is 0 Å². The van der Waals surface area contributed by atoms with Gasteiger partial charge < -0.3 is 4.74 Å². The van der Waals surface area contributed by atoms with Gasteiger partial charge in [-0.15, -0.1) is 0 Å². The average Bonchev–Trinajstić information content (AvgIpc) is 2.78. The third-order valence-corrected chi connectivity index (χ3v) is 4.50. The third kappa shape index (κ3) is 7.19. The maximum absolute atomic E-state index is 7.50. The first-order valence-corrected chi connectivity index (χ1v) is 8.73. The molecule has 0 saturated heterocycles. The van der Waals surface area contributed by atoms with E-state index in [0.717, 1.165) is 18.6 Å². The van der Waals surface area contributed by atoms with E-state index in [4.69, 9.17) is 18.7 Å². The number of benzene rings is 2. The van der Waals surface area contributed by atoms with Crippen molar-refractivity contribution in [1.29, 1.82) is 0 Å². The monoisotopic (exact) mass is 416 g/mol. The molecular weight excluding hydrogens is 392 g/mol. The summed E-state index contributed by atoms with van der Waals surface area (Å²) in [6.45, 7) is 15.8. The Morgan fingerprint density at radius 3 is 1.93 bits per heavy atom. The number of hydrogen-bond donors (Lipinski definition) is 0. The van der Waals surface area contributed by atoms with E-state index in [0.29, 0.717) is 0 Å². The van der Waals surface area contributed by atoms with Crippen molar-refractivity contribution in [2.45, 2.75) is 45.4 Å². The van der Waals surface area contributed by atoms with E-state index in [9.17, 15) is 0 Å². The molecule has 0 atom stereocenters. The summed E-state index contributed by atoms with van der Waals surface area (Å²) in [6, 6.07) is 13.2. The van der Waals surface area contributed by atoms with Gasteiger partial charge in [0, 0.05) is 17.4 Å². The second-order valence-electron chi connectivity index (χ2n) is 5.89. The van der Waals surface area contributed by atoms with Crippen molar-refractivity contribution in [3.05, 3.63) is 73.0 Å². The summed E-state index contributed by atoms with van der Waals surface area (Å²) in [5.41, 5.74) is 7.27. The summed E-state index contributed by atoms with van der Waals surface area (Å²) in [6.07, 6.45) is 7.21. The van der Waals surface area contributed by atoms with Gasteiger partial charge in [-0.2, -0.15) is 0 Å². The molecule has 0 heterocycles. The Morgan fingerprint density at radius 1 is 0.893 bits per heavy atom. The summed E-state index contributed by atoms with van der Waals surface area (Å²) < 4.78 is 28.2. The maximum atomic E-state index is 7.50. The summed E-state index contributed by atoms with van der Waals surface area (Å²) in [5, 5.41) is 0. The standard InChI is InChI=1S/C20H24O.3CO.Cr/c1-3-9-16-14-19(21-2)17-12-7-8-13-18(17)20(16)15-10-5-4-6-11-15;3*1-2;/h4-6,10-11,14H,3,7-9,12-13H2,1-2H3;;;;. The van der Waals surface area contributed by atoms with E-state index >= 15 is 0 Å². The van der Waals surface area contributed by atoms with Gasteiger partial charge in [-0.25, -0.2) is 0 Å². The van der Waals surface area contributed by atoms with Crippen molar-refractivity contribution in [2.24, 2.45) is 0 Å². The van der Waals surface area contributed by atoms with Crippen LogP contribution in [0.3, 0.4) is 0 Å². The molecule has 3 rings (SSSR count). The zero-order chi connectivity index (χ0) is 20.7. The Hall–Kier alpha value is -2.01. The zero-order valence-electron chi connectivity index (χ0n) is 16.2. The van der Waals surface area contributed by atoms with Crippen molar-refractivity contribution in [3.8, 4) is 16.9 Å². The van der Waals surface area contributed by atoms with Crippen LogP contribution in [0.25, 0.3) is 11.1 Å². The molecule has 2 aromatic rings. The van der Waals surface area contributed by atoms with Crippen molar-refractivity contribution < 1.29 is 36.1 Å². The first-order chi connectivity index (χ1) is 13.3. The molecular formula is C23H24CrO4. The number of ether oxygens (including phenoxy) is 1. The topological polar surface area (TPSA) is 68.9 Å². The molecule has 0 saturated carbocycles. The molecule has 2 aromatic carbocycles. The fraction of sp³-hybridized carbons (Fsp3) is 0.348. The van der Waals surface area contributed by atoms with Gasteiger partial charge in [0.1, 0.15) is 5.75 Å². The van der Waals surface area contributed by atoms with E-state index in [1.165, 1.54) is 53.5 Å². The van der Waals surface area contributed by atoms with E-state index in [-0.39, 0.29) is 17.4 Å². The molecule has 4 nitrogen and oxygen atoms in total. The molecule has 0 aliphatic heterocycles. The summed E-state index contributed by atoms with van der Waals surface area (Å²) in [4.78, 5) is 0. The van der Waals surface area contributed by atoms with Crippen LogP contribution < -0.4 is 4.74 Å². The summed E-state index contributed by atoms with van der Waals surface area (Å²) in [5.74, 6) is 1.10.